The van der Waals surface area contributed by atoms with Gasteiger partial charge in [-0.3, -0.25) is 4.79 Å². The highest BCUT2D eigenvalue weighted by Gasteiger charge is 2.52. The van der Waals surface area contributed by atoms with Gasteiger partial charge in [0, 0.05) is 5.92 Å². The van der Waals surface area contributed by atoms with E-state index in [1.54, 1.807) is 12.2 Å². The van der Waals surface area contributed by atoms with E-state index in [0.29, 0.717) is 0 Å². The summed E-state index contributed by atoms with van der Waals surface area (Å²) in [6.45, 7) is 1.83. The largest absolute Gasteiger partial charge is 0.480 e. The quantitative estimate of drug-likeness (QED) is 0.261. The van der Waals surface area contributed by atoms with Crippen LogP contribution in [0, 0.1) is 5.92 Å². The molecule has 1 amide bonds. The molecular formula is C10H14N2O3S. The normalized spacial score (nSPS) is 37.9. The third kappa shape index (κ3) is 1.49. The van der Waals surface area contributed by atoms with Crippen LogP contribution in [0.1, 0.15) is 6.92 Å². The molecule has 0 spiro atoms. The van der Waals surface area contributed by atoms with Crippen LogP contribution in [-0.4, -0.2) is 44.7 Å². The number of thiol groups is 1. The summed E-state index contributed by atoms with van der Waals surface area (Å²) in [4.78, 5) is 24.1. The van der Waals surface area contributed by atoms with Crippen molar-refractivity contribution in [2.75, 3.05) is 0 Å². The highest BCUT2D eigenvalue weighted by molar-refractivity contribution is 7.98. The van der Waals surface area contributed by atoms with Crippen LogP contribution in [0.2, 0.25) is 0 Å². The van der Waals surface area contributed by atoms with Crippen LogP contribution >= 0.6 is 11.4 Å². The molecule has 4 atom stereocenters. The highest BCUT2D eigenvalue weighted by Crippen LogP contribution is 2.34. The van der Waals surface area contributed by atoms with E-state index in [-0.39, 0.29) is 17.2 Å². The maximum Gasteiger partial charge on any atom is 0.327 e. The van der Waals surface area contributed by atoms with Gasteiger partial charge in [0.1, 0.15) is 12.1 Å². The number of carbonyl (C=O) groups excluding carboxylic acids is 1. The summed E-state index contributed by atoms with van der Waals surface area (Å²) in [5.74, 6) is -1.45. The average molecular weight is 242 g/mol. The van der Waals surface area contributed by atoms with Gasteiger partial charge >= 0.3 is 5.97 Å². The molecule has 0 aromatic rings. The molecule has 1 saturated heterocycles. The summed E-state index contributed by atoms with van der Waals surface area (Å²) >= 11 is 0.926. The molecule has 5 nitrogen and oxygen atoms in total. The molecule has 0 aliphatic carbocycles. The van der Waals surface area contributed by atoms with E-state index in [9.17, 15) is 9.59 Å². The highest BCUT2D eigenvalue weighted by atomic mass is 32.1. The summed E-state index contributed by atoms with van der Waals surface area (Å²) in [5, 5.41) is 10.9. The lowest BCUT2D eigenvalue weighted by atomic mass is 9.94. The Kier molecular flexibility index (Phi) is 2.86. The number of hydrogen-bond donors (Lipinski definition) is 3. The van der Waals surface area contributed by atoms with E-state index < -0.39 is 18.1 Å². The Morgan fingerprint density at radius 1 is 1.69 bits per heavy atom. The second kappa shape index (κ2) is 4.03. The fourth-order valence-electron chi connectivity index (χ4n) is 2.10. The number of nitrogens with two attached hydrogens (primary N) is 1. The summed E-state index contributed by atoms with van der Waals surface area (Å²) < 4.78 is 0. The number of allylic oxidation sites excluding steroid dienone is 1. The van der Waals surface area contributed by atoms with Crippen LogP contribution in [0.4, 0.5) is 0 Å². The Labute approximate surface area is 96.9 Å². The molecule has 0 aromatic carbocycles. The molecule has 0 aromatic heterocycles. The van der Waals surface area contributed by atoms with Gasteiger partial charge in [-0.2, -0.15) is 11.4 Å². The molecule has 0 bridgehead atoms. The Morgan fingerprint density at radius 3 is 2.94 bits per heavy atom. The van der Waals surface area contributed by atoms with Gasteiger partial charge in [-0.15, -0.1) is 0 Å². The molecule has 2 aliphatic heterocycles. The molecule has 4 unspecified atom stereocenters. The fourth-order valence-corrected chi connectivity index (χ4v) is 3.45. The first-order valence-electron chi connectivity index (χ1n) is 5.04. The van der Waals surface area contributed by atoms with Crippen molar-refractivity contribution in [3.63, 3.8) is 0 Å². The molecule has 3 N–H and O–H groups in total. The molecule has 0 saturated carbocycles. The second-order valence-electron chi connectivity index (χ2n) is 3.87. The summed E-state index contributed by atoms with van der Waals surface area (Å²) in [7, 11) is 0. The molecule has 2 heterocycles. The lowest BCUT2D eigenvalue weighted by molar-refractivity contribution is -0.160. The molecule has 1 fully saturated rings. The second-order valence-corrected chi connectivity index (χ2v) is 4.99. The Bertz CT molecular complexity index is 394. The van der Waals surface area contributed by atoms with Gasteiger partial charge in [-0.1, -0.05) is 17.5 Å². The summed E-state index contributed by atoms with van der Waals surface area (Å²) in [6, 6.07) is -1.33. The van der Waals surface area contributed by atoms with Crippen LogP contribution in [0.25, 0.3) is 0 Å². The van der Waals surface area contributed by atoms with E-state index in [0.717, 1.165) is 11.4 Å². The van der Waals surface area contributed by atoms with Crippen molar-refractivity contribution >= 4 is 28.6 Å². The van der Waals surface area contributed by atoms with Crippen molar-refractivity contribution in [1.29, 1.82) is 0 Å². The average Bonchev–Trinajstić information content (AvgIpc) is 2.27. The van der Waals surface area contributed by atoms with Gasteiger partial charge in [0.2, 0.25) is 5.91 Å². The predicted octanol–water partition coefficient (Wildman–Crippen LogP) is -0.591. The molecule has 2 rings (SSSR count). The molecule has 88 valence electrons. The smallest absolute Gasteiger partial charge is 0.327 e. The van der Waals surface area contributed by atoms with Crippen molar-refractivity contribution in [3.8, 4) is 0 Å². The number of rotatable bonds is 2. The lowest BCUT2D eigenvalue weighted by Crippen LogP contribution is -2.73. The fraction of sp³-hybridized carbons (Fsp3) is 0.500. The Balaban J connectivity index is 2.32. The molecule has 6 heteroatoms. The third-order valence-electron chi connectivity index (χ3n) is 2.89. The number of fused-ring (bicyclic) bond motifs is 1. The number of nitrogens with zero attached hydrogens (tertiary/aromatic N) is 1. The number of carboxylic acids is 1. The van der Waals surface area contributed by atoms with Gasteiger partial charge in [0.15, 0.2) is 0 Å². The van der Waals surface area contributed by atoms with E-state index in [4.69, 9.17) is 10.8 Å². The van der Waals surface area contributed by atoms with Gasteiger partial charge < -0.3 is 15.7 Å². The van der Waals surface area contributed by atoms with E-state index in [2.05, 4.69) is 0 Å². The van der Waals surface area contributed by atoms with Crippen LogP contribution in [0.15, 0.2) is 12.2 Å². The van der Waals surface area contributed by atoms with Gasteiger partial charge in [0.25, 0.3) is 0 Å². The van der Waals surface area contributed by atoms with Gasteiger partial charge in [-0.25, -0.2) is 4.79 Å². The minimum absolute atomic E-state index is 0.157. The first-order valence-corrected chi connectivity index (χ1v) is 6.08. The van der Waals surface area contributed by atoms with Crippen molar-refractivity contribution < 1.29 is 14.7 Å². The first-order chi connectivity index (χ1) is 7.57. The maximum atomic E-state index is 11.6. The lowest BCUT2D eigenvalue weighted by Gasteiger charge is -2.50. The van der Waals surface area contributed by atoms with Crippen LogP contribution in [0.3, 0.4) is 0 Å². The van der Waals surface area contributed by atoms with Crippen molar-refractivity contribution in [3.05, 3.63) is 12.2 Å². The Hall–Kier alpha value is -1.14. The predicted molar refractivity (Wildman–Crippen MR) is 63.4 cm³/mol. The summed E-state index contributed by atoms with van der Waals surface area (Å²) in [5.41, 5.74) is 5.63. The van der Waals surface area contributed by atoms with Crippen molar-refractivity contribution in [2.24, 2.45) is 11.7 Å². The number of aliphatic carboxylic acids is 1. The molecule has 2 aliphatic rings. The van der Waals surface area contributed by atoms with Gasteiger partial charge in [-0.05, 0) is 6.92 Å². The van der Waals surface area contributed by atoms with Crippen LogP contribution in [-0.2, 0) is 9.59 Å². The number of carbonyl (C=O) groups is 2. The zero-order valence-corrected chi connectivity index (χ0v) is 9.67. The number of carboxylic acid groups (broad SMARTS) is 1. The van der Waals surface area contributed by atoms with Gasteiger partial charge in [0.05, 0.1) is 5.37 Å². The van der Waals surface area contributed by atoms with Crippen LogP contribution in [0.5, 0.6) is 0 Å². The first kappa shape index (κ1) is 11.3. The number of hydrogen-bond acceptors (Lipinski definition) is 3. The minimum atomic E-state index is -0.973. The molecule has 0 radical (unpaired) electrons. The van der Waals surface area contributed by atoms with Crippen LogP contribution < -0.4 is 5.73 Å². The monoisotopic (exact) mass is 242 g/mol. The SMILES string of the molecule is CC=CC1C=[SH]C2C(N)C(=O)N2C1C(=O)O. The zero-order chi connectivity index (χ0) is 11.9. The van der Waals surface area contributed by atoms with E-state index in [1.807, 2.05) is 12.3 Å². The Morgan fingerprint density at radius 2 is 2.38 bits per heavy atom. The van der Waals surface area contributed by atoms with Crippen molar-refractivity contribution in [1.82, 2.24) is 4.90 Å². The van der Waals surface area contributed by atoms with Crippen molar-refractivity contribution in [2.45, 2.75) is 24.4 Å². The number of amides is 1. The number of β-lactam (4-membered cyclic amide) rings is 1. The maximum absolute atomic E-state index is 11.6. The standard InChI is InChI=1S/C10H14N2O3S/c1-2-3-5-4-16-9-6(11)8(13)12(9)7(5)10(14)15/h2-7,9,16H,11H2,1H3,(H,14,15). The minimum Gasteiger partial charge on any atom is -0.480 e. The van der Waals surface area contributed by atoms with E-state index >= 15 is 0 Å². The topological polar surface area (TPSA) is 83.6 Å². The zero-order valence-electron chi connectivity index (χ0n) is 8.78. The molecular weight excluding hydrogens is 228 g/mol. The molecule has 16 heavy (non-hydrogen) atoms. The third-order valence-corrected chi connectivity index (χ3v) is 4.28. The summed E-state index contributed by atoms with van der Waals surface area (Å²) in [6.07, 6.45) is 3.61. The van der Waals surface area contributed by atoms with E-state index in [1.165, 1.54) is 4.90 Å².